The zero-order chi connectivity index (χ0) is 14.2. The zero-order valence-corrected chi connectivity index (χ0v) is 10.4. The van der Waals surface area contributed by atoms with E-state index in [9.17, 15) is 13.2 Å². The summed E-state index contributed by atoms with van der Waals surface area (Å²) in [7, 11) is 1.45. The third-order valence-corrected chi connectivity index (χ3v) is 2.82. The molecule has 2 aromatic rings. The number of hydrogen-bond acceptors (Lipinski definition) is 2. The molecule has 0 aliphatic heterocycles. The van der Waals surface area contributed by atoms with Crippen LogP contribution in [0, 0.1) is 11.3 Å². The van der Waals surface area contributed by atoms with E-state index in [0.29, 0.717) is 11.1 Å². The van der Waals surface area contributed by atoms with Crippen LogP contribution in [-0.2, 0) is 13.2 Å². The molecule has 0 spiro atoms. The molecule has 0 aliphatic carbocycles. The topological polar surface area (TPSA) is 41.6 Å². The molecule has 1 aromatic heterocycles. The number of halogens is 4. The fourth-order valence-corrected chi connectivity index (χ4v) is 1.88. The van der Waals surface area contributed by atoms with Crippen LogP contribution in [0.5, 0.6) is 0 Å². The monoisotopic (exact) mass is 285 g/mol. The number of aryl methyl sites for hydroxylation is 1. The molecule has 0 N–H and O–H groups in total. The Morgan fingerprint density at radius 1 is 1.37 bits per heavy atom. The lowest BCUT2D eigenvalue weighted by Crippen LogP contribution is -2.04. The van der Waals surface area contributed by atoms with Crippen LogP contribution in [0.3, 0.4) is 0 Å². The van der Waals surface area contributed by atoms with Crippen LogP contribution in [0.15, 0.2) is 24.4 Å². The van der Waals surface area contributed by atoms with Crippen LogP contribution in [0.2, 0.25) is 5.02 Å². The Labute approximate surface area is 111 Å². The maximum atomic E-state index is 12.6. The molecule has 1 heterocycles. The number of benzene rings is 1. The number of nitrogens with zero attached hydrogens (tertiary/aromatic N) is 3. The molecular weight excluding hydrogens is 279 g/mol. The predicted molar refractivity (Wildman–Crippen MR) is 63.4 cm³/mol. The van der Waals surface area contributed by atoms with Crippen molar-refractivity contribution >= 4 is 11.6 Å². The van der Waals surface area contributed by atoms with Gasteiger partial charge in [-0.2, -0.15) is 18.4 Å². The SMILES string of the molecule is Cn1cc(C(F)(F)F)nc1-c1ccc(C#N)cc1Cl. The highest BCUT2D eigenvalue weighted by Crippen LogP contribution is 2.33. The first-order valence-electron chi connectivity index (χ1n) is 5.13. The number of aromatic nitrogens is 2. The van der Waals surface area contributed by atoms with Crippen molar-refractivity contribution in [2.24, 2.45) is 7.05 Å². The molecule has 0 aliphatic rings. The Hall–Kier alpha value is -2.00. The molecule has 0 unspecified atom stereocenters. The van der Waals surface area contributed by atoms with Crippen LogP contribution in [0.4, 0.5) is 13.2 Å². The standard InChI is InChI=1S/C12H7ClF3N3/c1-19-6-10(12(14,15)16)18-11(19)8-3-2-7(5-17)4-9(8)13/h2-4,6H,1H3. The summed E-state index contributed by atoms with van der Waals surface area (Å²) in [4.78, 5) is 3.54. The van der Waals surface area contributed by atoms with Crippen molar-refractivity contribution in [2.75, 3.05) is 0 Å². The van der Waals surface area contributed by atoms with Gasteiger partial charge in [0.25, 0.3) is 0 Å². The molecule has 98 valence electrons. The first-order chi connectivity index (χ1) is 8.82. The minimum atomic E-state index is -4.50. The van der Waals surface area contributed by atoms with Crippen molar-refractivity contribution < 1.29 is 13.2 Å². The maximum absolute atomic E-state index is 12.6. The molecule has 19 heavy (non-hydrogen) atoms. The Bertz CT molecular complexity index is 668. The van der Waals surface area contributed by atoms with E-state index >= 15 is 0 Å². The summed E-state index contributed by atoms with van der Waals surface area (Å²) in [5, 5.41) is 8.89. The van der Waals surface area contributed by atoms with Crippen molar-refractivity contribution in [3.8, 4) is 17.5 Å². The lowest BCUT2D eigenvalue weighted by Gasteiger charge is -2.04. The third kappa shape index (κ3) is 2.56. The van der Waals surface area contributed by atoms with E-state index in [1.54, 1.807) is 0 Å². The van der Waals surface area contributed by atoms with Gasteiger partial charge in [0.1, 0.15) is 5.82 Å². The van der Waals surface area contributed by atoms with Crippen molar-refractivity contribution in [3.05, 3.63) is 40.7 Å². The predicted octanol–water partition coefficient (Wildman–Crippen LogP) is 3.63. The second-order valence-electron chi connectivity index (χ2n) is 3.86. The van der Waals surface area contributed by atoms with Crippen molar-refractivity contribution in [1.82, 2.24) is 9.55 Å². The smallest absolute Gasteiger partial charge is 0.333 e. The zero-order valence-electron chi connectivity index (χ0n) is 9.66. The van der Waals surface area contributed by atoms with E-state index in [1.807, 2.05) is 6.07 Å². The lowest BCUT2D eigenvalue weighted by molar-refractivity contribution is -0.140. The first kappa shape index (κ1) is 13.4. The second-order valence-corrected chi connectivity index (χ2v) is 4.27. The molecule has 1 aromatic carbocycles. The van der Waals surface area contributed by atoms with Gasteiger partial charge in [0, 0.05) is 18.8 Å². The minimum absolute atomic E-state index is 0.0989. The number of nitriles is 1. The highest BCUT2D eigenvalue weighted by Gasteiger charge is 2.34. The van der Waals surface area contributed by atoms with Crippen molar-refractivity contribution in [3.63, 3.8) is 0 Å². The van der Waals surface area contributed by atoms with Gasteiger partial charge in [-0.05, 0) is 18.2 Å². The molecule has 0 fully saturated rings. The van der Waals surface area contributed by atoms with Crippen molar-refractivity contribution in [2.45, 2.75) is 6.18 Å². The minimum Gasteiger partial charge on any atom is -0.333 e. The maximum Gasteiger partial charge on any atom is 0.434 e. The van der Waals surface area contributed by atoms with E-state index in [1.165, 1.54) is 29.8 Å². The molecular formula is C12H7ClF3N3. The second kappa shape index (κ2) is 4.59. The normalized spacial score (nSPS) is 11.4. The molecule has 0 atom stereocenters. The average Bonchev–Trinajstić information content (AvgIpc) is 2.71. The highest BCUT2D eigenvalue weighted by molar-refractivity contribution is 6.33. The van der Waals surface area contributed by atoms with Crippen LogP contribution in [-0.4, -0.2) is 9.55 Å². The van der Waals surface area contributed by atoms with Crippen molar-refractivity contribution in [1.29, 1.82) is 5.26 Å². The Balaban J connectivity index is 2.54. The van der Waals surface area contributed by atoms with Gasteiger partial charge in [-0.3, -0.25) is 0 Å². The molecule has 0 bridgehead atoms. The average molecular weight is 286 g/mol. The third-order valence-electron chi connectivity index (χ3n) is 2.51. The van der Waals surface area contributed by atoms with E-state index in [4.69, 9.17) is 16.9 Å². The molecule has 2 rings (SSSR count). The number of alkyl halides is 3. The van der Waals surface area contributed by atoms with E-state index in [2.05, 4.69) is 4.98 Å². The van der Waals surface area contributed by atoms with Gasteiger partial charge in [0.15, 0.2) is 5.69 Å². The van der Waals surface area contributed by atoms with Gasteiger partial charge in [0.05, 0.1) is 16.7 Å². The van der Waals surface area contributed by atoms with Gasteiger partial charge in [-0.15, -0.1) is 0 Å². The summed E-state index contributed by atoms with van der Waals surface area (Å²) in [6.45, 7) is 0. The number of rotatable bonds is 1. The van der Waals surface area contributed by atoms with Gasteiger partial charge >= 0.3 is 6.18 Å². The molecule has 7 heteroatoms. The van der Waals surface area contributed by atoms with Gasteiger partial charge < -0.3 is 4.57 Å². The van der Waals surface area contributed by atoms with Crippen LogP contribution >= 0.6 is 11.6 Å². The Morgan fingerprint density at radius 2 is 2.05 bits per heavy atom. The number of imidazole rings is 1. The van der Waals surface area contributed by atoms with E-state index in [0.717, 1.165) is 6.20 Å². The van der Waals surface area contributed by atoms with Crippen LogP contribution < -0.4 is 0 Å². The lowest BCUT2D eigenvalue weighted by atomic mass is 10.1. The van der Waals surface area contributed by atoms with E-state index < -0.39 is 11.9 Å². The van der Waals surface area contributed by atoms with Gasteiger partial charge in [-0.25, -0.2) is 4.98 Å². The summed E-state index contributed by atoms with van der Waals surface area (Å²) in [6.07, 6.45) is -3.61. The Kier molecular flexibility index (Phi) is 3.25. The number of hydrogen-bond donors (Lipinski definition) is 0. The fraction of sp³-hybridized carbons (Fsp3) is 0.167. The van der Waals surface area contributed by atoms with Crippen LogP contribution in [0.25, 0.3) is 11.4 Å². The summed E-state index contributed by atoms with van der Waals surface area (Å²) in [5.74, 6) is 0.0989. The molecule has 0 saturated carbocycles. The summed E-state index contributed by atoms with van der Waals surface area (Å²) in [6, 6.07) is 6.24. The summed E-state index contributed by atoms with van der Waals surface area (Å²) >= 11 is 5.95. The van der Waals surface area contributed by atoms with E-state index in [-0.39, 0.29) is 10.8 Å². The van der Waals surface area contributed by atoms with Crippen LogP contribution in [0.1, 0.15) is 11.3 Å². The van der Waals surface area contributed by atoms with Gasteiger partial charge in [-0.1, -0.05) is 11.6 Å². The fourth-order valence-electron chi connectivity index (χ4n) is 1.62. The highest BCUT2D eigenvalue weighted by atomic mass is 35.5. The summed E-state index contributed by atoms with van der Waals surface area (Å²) in [5.41, 5.74) is -0.303. The molecule has 3 nitrogen and oxygen atoms in total. The summed E-state index contributed by atoms with van der Waals surface area (Å²) < 4.78 is 38.9. The molecule has 0 amide bonds. The Morgan fingerprint density at radius 3 is 2.53 bits per heavy atom. The molecule has 0 radical (unpaired) electrons. The van der Waals surface area contributed by atoms with Gasteiger partial charge in [0.2, 0.25) is 0 Å². The first-order valence-corrected chi connectivity index (χ1v) is 5.51. The largest absolute Gasteiger partial charge is 0.434 e. The quantitative estimate of drug-likeness (QED) is 0.803. The molecule has 0 saturated heterocycles.